The predicted octanol–water partition coefficient (Wildman–Crippen LogP) is 1.40. The first kappa shape index (κ1) is 21.5. The van der Waals surface area contributed by atoms with Gasteiger partial charge < -0.3 is 30.0 Å². The number of carbonyl (C=O) groups is 1. The van der Waals surface area contributed by atoms with Crippen LogP contribution in [-0.2, 0) is 19.0 Å². The normalized spacial score (nSPS) is 33.5. The van der Waals surface area contributed by atoms with Gasteiger partial charge in [-0.1, -0.05) is 0 Å². The molecule has 11 heteroatoms. The maximum absolute atomic E-state index is 10.8. The highest BCUT2D eigenvalue weighted by Gasteiger charge is 2.56. The maximum atomic E-state index is 10.8. The van der Waals surface area contributed by atoms with E-state index in [-0.39, 0.29) is 24.7 Å². The van der Waals surface area contributed by atoms with E-state index in [4.69, 9.17) is 25.1 Å². The lowest BCUT2D eigenvalue weighted by Crippen LogP contribution is -2.47. The summed E-state index contributed by atoms with van der Waals surface area (Å²) in [5, 5.41) is 8.89. The Morgan fingerprint density at radius 3 is 2.78 bits per heavy atom. The number of carboxylic acid groups (broad SMARTS) is 1. The Balaban J connectivity index is 1.30. The van der Waals surface area contributed by atoms with Gasteiger partial charge in [0.1, 0.15) is 30.2 Å². The number of anilines is 1. The van der Waals surface area contributed by atoms with E-state index in [9.17, 15) is 4.79 Å². The summed E-state index contributed by atoms with van der Waals surface area (Å²) in [6, 6.07) is 0.423. The van der Waals surface area contributed by atoms with E-state index < -0.39 is 18.0 Å². The molecule has 2 unspecified atom stereocenters. The van der Waals surface area contributed by atoms with Gasteiger partial charge in [0.05, 0.1) is 6.33 Å². The molecule has 174 valence electrons. The van der Waals surface area contributed by atoms with Gasteiger partial charge in [-0.15, -0.1) is 0 Å². The molecule has 11 nitrogen and oxygen atoms in total. The zero-order chi connectivity index (χ0) is 22.6. The largest absolute Gasteiger partial charge is 0.481 e. The Bertz CT molecular complexity index is 1010. The second-order valence-electron chi connectivity index (χ2n) is 9.58. The fraction of sp³-hybridized carbons (Fsp3) is 0.714. The molecule has 0 aromatic carbocycles. The van der Waals surface area contributed by atoms with Gasteiger partial charge in [-0.2, -0.15) is 0 Å². The minimum absolute atomic E-state index is 0.188. The van der Waals surface area contributed by atoms with E-state index in [1.165, 1.54) is 6.33 Å². The van der Waals surface area contributed by atoms with Gasteiger partial charge in [-0.05, 0) is 46.1 Å². The second-order valence-corrected chi connectivity index (χ2v) is 9.58. The predicted molar refractivity (Wildman–Crippen MR) is 113 cm³/mol. The van der Waals surface area contributed by atoms with Crippen molar-refractivity contribution >= 4 is 23.0 Å². The molecule has 2 aromatic rings. The summed E-state index contributed by atoms with van der Waals surface area (Å²) in [5.74, 6) is -0.628. The molecule has 0 amide bonds. The molecular weight excluding hydrogens is 416 g/mol. The van der Waals surface area contributed by atoms with Crippen LogP contribution in [0.4, 0.5) is 5.82 Å². The number of nitrogens with two attached hydrogens (primary N) is 1. The van der Waals surface area contributed by atoms with Crippen LogP contribution >= 0.6 is 0 Å². The molecule has 0 spiro atoms. The number of nitrogens with zero attached hydrogens (tertiary/aromatic N) is 5. The van der Waals surface area contributed by atoms with Crippen LogP contribution in [0.5, 0.6) is 0 Å². The van der Waals surface area contributed by atoms with Gasteiger partial charge in [0.2, 0.25) is 0 Å². The minimum Gasteiger partial charge on any atom is -0.481 e. The third-order valence-corrected chi connectivity index (χ3v) is 6.86. The topological polar surface area (TPSA) is 138 Å². The van der Waals surface area contributed by atoms with E-state index in [0.717, 1.165) is 19.3 Å². The number of likely N-dealkylation sites (N-methyl/N-ethyl adjacent to an activating group) is 1. The lowest BCUT2D eigenvalue weighted by molar-refractivity contribution is -0.198. The summed E-state index contributed by atoms with van der Waals surface area (Å²) in [5.41, 5.74) is 7.09. The first-order valence-corrected chi connectivity index (χ1v) is 11.1. The van der Waals surface area contributed by atoms with Crippen molar-refractivity contribution in [2.24, 2.45) is 5.92 Å². The summed E-state index contributed by atoms with van der Waals surface area (Å²) in [4.78, 5) is 25.8. The molecule has 0 radical (unpaired) electrons. The van der Waals surface area contributed by atoms with Gasteiger partial charge in [0.15, 0.2) is 23.5 Å². The van der Waals surface area contributed by atoms with Crippen molar-refractivity contribution in [1.82, 2.24) is 24.4 Å². The zero-order valence-corrected chi connectivity index (χ0v) is 18.5. The number of aromatic nitrogens is 4. The van der Waals surface area contributed by atoms with Gasteiger partial charge in [0, 0.05) is 19.0 Å². The molecule has 4 heterocycles. The number of imidazole rings is 1. The summed E-state index contributed by atoms with van der Waals surface area (Å²) in [6.45, 7) is 4.51. The lowest BCUT2D eigenvalue weighted by atomic mass is 9.76. The smallest absolute Gasteiger partial charge is 0.303 e. The Kier molecular flexibility index (Phi) is 5.31. The average Bonchev–Trinajstić information content (AvgIpc) is 3.33. The van der Waals surface area contributed by atoms with Crippen LogP contribution in [0.1, 0.15) is 45.8 Å². The minimum atomic E-state index is -0.724. The third-order valence-electron chi connectivity index (χ3n) is 6.86. The number of rotatable bonds is 7. The first-order chi connectivity index (χ1) is 15.2. The van der Waals surface area contributed by atoms with Crippen molar-refractivity contribution in [1.29, 1.82) is 0 Å². The highest BCUT2D eigenvalue weighted by atomic mass is 16.8. The maximum Gasteiger partial charge on any atom is 0.303 e. The Morgan fingerprint density at radius 1 is 1.28 bits per heavy atom. The van der Waals surface area contributed by atoms with Crippen LogP contribution in [0.2, 0.25) is 0 Å². The standard InChI is InChI=1S/C21H30N6O5/c1-21(2)31-16-13(8-26(3)12-6-11(7-12)4-5-14(28)29)30-20(17(16)32-21)27-10-25-15-18(22)23-9-24-19(15)27/h9-13,16-17,20H,4-8H2,1-3H3,(H,28,29)(H2,22,23,24)/t11?,12?,13?,16-,17-,20?/m1/s1. The number of hydrogen-bond donors (Lipinski definition) is 2. The molecule has 1 saturated carbocycles. The molecular formula is C21H30N6O5. The van der Waals surface area contributed by atoms with E-state index in [1.54, 1.807) is 6.33 Å². The number of hydrogen-bond acceptors (Lipinski definition) is 9. The Hall–Kier alpha value is -2.34. The summed E-state index contributed by atoms with van der Waals surface area (Å²) >= 11 is 0. The van der Waals surface area contributed by atoms with Crippen molar-refractivity contribution in [3.63, 3.8) is 0 Å². The van der Waals surface area contributed by atoms with Crippen LogP contribution < -0.4 is 5.73 Å². The van der Waals surface area contributed by atoms with E-state index in [2.05, 4.69) is 26.9 Å². The highest BCUT2D eigenvalue weighted by Crippen LogP contribution is 2.44. The van der Waals surface area contributed by atoms with Gasteiger partial charge >= 0.3 is 5.97 Å². The van der Waals surface area contributed by atoms with Crippen molar-refractivity contribution in [3.8, 4) is 0 Å². The summed E-state index contributed by atoms with van der Waals surface area (Å²) in [7, 11) is 2.09. The van der Waals surface area contributed by atoms with Crippen molar-refractivity contribution in [2.75, 3.05) is 19.3 Å². The van der Waals surface area contributed by atoms with E-state index >= 15 is 0 Å². The number of aliphatic carboxylic acids is 1. The molecule has 2 aromatic heterocycles. The number of carboxylic acids is 1. The first-order valence-electron chi connectivity index (χ1n) is 11.1. The molecule has 4 atom stereocenters. The average molecular weight is 447 g/mol. The fourth-order valence-corrected chi connectivity index (χ4v) is 5.14. The van der Waals surface area contributed by atoms with Crippen LogP contribution in [0, 0.1) is 5.92 Å². The SMILES string of the molecule is CN(CC1OC(n2cnc3c(N)ncnc32)[C@@H]2OC(C)(C)O[C@H]12)C1CC(CCC(=O)O)C1. The van der Waals surface area contributed by atoms with E-state index in [0.29, 0.717) is 35.5 Å². The quantitative estimate of drug-likeness (QED) is 0.642. The molecule has 2 aliphatic heterocycles. The third kappa shape index (κ3) is 3.83. The molecule has 3 fully saturated rings. The Labute approximate surface area is 185 Å². The molecule has 5 rings (SSSR count). The van der Waals surface area contributed by atoms with Crippen LogP contribution in [0.15, 0.2) is 12.7 Å². The second kappa shape index (κ2) is 7.91. The lowest BCUT2D eigenvalue weighted by Gasteiger charge is -2.42. The van der Waals surface area contributed by atoms with Crippen LogP contribution in [0.25, 0.3) is 11.2 Å². The molecule has 32 heavy (non-hydrogen) atoms. The highest BCUT2D eigenvalue weighted by molar-refractivity contribution is 5.81. The van der Waals surface area contributed by atoms with Crippen molar-refractivity contribution < 1.29 is 24.1 Å². The zero-order valence-electron chi connectivity index (χ0n) is 18.5. The van der Waals surface area contributed by atoms with Crippen molar-refractivity contribution in [2.45, 2.75) is 75.9 Å². The number of fused-ring (bicyclic) bond motifs is 2. The molecule has 3 aliphatic rings. The Morgan fingerprint density at radius 2 is 2.03 bits per heavy atom. The van der Waals surface area contributed by atoms with E-state index in [1.807, 2.05) is 18.4 Å². The fourth-order valence-electron chi connectivity index (χ4n) is 5.14. The molecule has 0 bridgehead atoms. The molecule has 3 N–H and O–H groups in total. The van der Waals surface area contributed by atoms with Crippen molar-refractivity contribution in [3.05, 3.63) is 12.7 Å². The molecule has 1 aliphatic carbocycles. The monoisotopic (exact) mass is 446 g/mol. The van der Waals surface area contributed by atoms with Gasteiger partial charge in [-0.3, -0.25) is 9.36 Å². The van der Waals surface area contributed by atoms with Crippen LogP contribution in [-0.4, -0.2) is 79.2 Å². The molecule has 2 saturated heterocycles. The summed E-state index contributed by atoms with van der Waals surface area (Å²) < 4.78 is 20.8. The number of ether oxygens (including phenoxy) is 3. The van der Waals surface area contributed by atoms with Crippen LogP contribution in [0.3, 0.4) is 0 Å². The number of nitrogen functional groups attached to an aromatic ring is 1. The summed E-state index contributed by atoms with van der Waals surface area (Å²) in [6.07, 6.45) is 4.94. The van der Waals surface area contributed by atoms with Gasteiger partial charge in [-0.25, -0.2) is 15.0 Å². The van der Waals surface area contributed by atoms with Gasteiger partial charge in [0.25, 0.3) is 0 Å².